The molecule has 3 heterocycles. The predicted octanol–water partition coefficient (Wildman–Crippen LogP) is 5.01. The van der Waals surface area contributed by atoms with Gasteiger partial charge in [0.15, 0.2) is 5.11 Å². The molecule has 2 atom stereocenters. The summed E-state index contributed by atoms with van der Waals surface area (Å²) >= 11 is 5.70. The number of benzene rings is 2. The summed E-state index contributed by atoms with van der Waals surface area (Å²) in [6.45, 7) is 0. The molecule has 0 unspecified atom stereocenters. The van der Waals surface area contributed by atoms with E-state index >= 15 is 0 Å². The number of furan rings is 1. The number of rotatable bonds is 5. The van der Waals surface area contributed by atoms with Crippen LogP contribution in [0.15, 0.2) is 89.5 Å². The molecule has 7 nitrogen and oxygen atoms in total. The van der Waals surface area contributed by atoms with E-state index in [4.69, 9.17) is 21.4 Å². The minimum Gasteiger partial charge on any atom is -0.508 e. The van der Waals surface area contributed by atoms with Crippen LogP contribution in [-0.4, -0.2) is 28.3 Å². The smallest absolute Gasteiger partial charge is 0.337 e. The Hall–Kier alpha value is -4.17. The Morgan fingerprint density at radius 1 is 1.09 bits per heavy atom. The number of thiocarbonyl (C=S) groups is 1. The molecule has 0 amide bonds. The lowest BCUT2D eigenvalue weighted by atomic mass is 10.0. The number of hydrogen-bond donors (Lipinski definition) is 2. The van der Waals surface area contributed by atoms with Crippen LogP contribution in [0.2, 0.25) is 0 Å². The number of phenolic OH excluding ortho intramolecular Hbond substituents is 1. The van der Waals surface area contributed by atoms with E-state index in [1.165, 1.54) is 7.11 Å². The number of nitrogens with zero attached hydrogens (tertiary/aromatic N) is 2. The Labute approximate surface area is 201 Å². The summed E-state index contributed by atoms with van der Waals surface area (Å²) in [7, 11) is 1.35. The number of ether oxygens (including phenoxy) is 1. The zero-order chi connectivity index (χ0) is 23.7. The van der Waals surface area contributed by atoms with Crippen molar-refractivity contribution < 1.29 is 19.1 Å². The Morgan fingerprint density at radius 2 is 1.91 bits per heavy atom. The molecule has 1 fully saturated rings. The van der Waals surface area contributed by atoms with Crippen LogP contribution in [0.4, 0.5) is 5.69 Å². The number of methoxy groups -OCH3 is 1. The van der Waals surface area contributed by atoms with Gasteiger partial charge in [0, 0.05) is 17.4 Å². The number of aromatic nitrogens is 1. The molecule has 34 heavy (non-hydrogen) atoms. The molecule has 8 heteroatoms. The fraction of sp³-hybridized carbons (Fsp3) is 0.115. The lowest BCUT2D eigenvalue weighted by molar-refractivity contribution is 0.0601. The number of carbonyl (C=O) groups excluding carboxylic acids is 1. The molecule has 4 aromatic rings. The Morgan fingerprint density at radius 3 is 2.65 bits per heavy atom. The minimum absolute atomic E-state index is 0.172. The van der Waals surface area contributed by atoms with E-state index < -0.39 is 5.97 Å². The van der Waals surface area contributed by atoms with Crippen LogP contribution >= 0.6 is 12.2 Å². The van der Waals surface area contributed by atoms with Crippen molar-refractivity contribution in [2.24, 2.45) is 0 Å². The molecular weight excluding hydrogens is 450 g/mol. The molecule has 170 valence electrons. The maximum absolute atomic E-state index is 12.0. The Kier molecular flexibility index (Phi) is 5.73. The molecule has 1 aliphatic rings. The van der Waals surface area contributed by atoms with Crippen LogP contribution in [0, 0.1) is 0 Å². The van der Waals surface area contributed by atoms with Crippen molar-refractivity contribution in [3.63, 3.8) is 0 Å². The molecule has 0 radical (unpaired) electrons. The topological polar surface area (TPSA) is 87.8 Å². The van der Waals surface area contributed by atoms with Crippen molar-refractivity contribution >= 4 is 29.0 Å². The van der Waals surface area contributed by atoms with Crippen LogP contribution in [-0.2, 0) is 4.74 Å². The standard InChI is InChI=1S/C26H21N3O4S/c1-32-25(31)17-6-4-5-16(15-17)21-12-13-22(33-21)24-23(20-7-2-3-14-27-20)28-26(34)29(24)18-8-10-19(30)11-9-18/h2-15,23-24,30H,1H3,(H,28,34)/t23-,24-/m0/s1. The quantitative estimate of drug-likeness (QED) is 0.310. The van der Waals surface area contributed by atoms with E-state index in [2.05, 4.69) is 10.3 Å². The molecule has 0 saturated carbocycles. The second-order valence-electron chi connectivity index (χ2n) is 7.79. The third-order valence-electron chi connectivity index (χ3n) is 5.71. The lowest BCUT2D eigenvalue weighted by Gasteiger charge is -2.26. The Balaban J connectivity index is 1.57. The molecule has 1 aliphatic heterocycles. The summed E-state index contributed by atoms with van der Waals surface area (Å²) < 4.78 is 11.2. The number of anilines is 1. The van der Waals surface area contributed by atoms with Gasteiger partial charge in [-0.3, -0.25) is 4.98 Å². The van der Waals surface area contributed by atoms with Gasteiger partial charge in [-0.2, -0.15) is 0 Å². The van der Waals surface area contributed by atoms with Crippen molar-refractivity contribution in [3.05, 3.63) is 102 Å². The molecule has 1 saturated heterocycles. The monoisotopic (exact) mass is 471 g/mol. The van der Waals surface area contributed by atoms with Gasteiger partial charge in [0.1, 0.15) is 23.3 Å². The van der Waals surface area contributed by atoms with Crippen LogP contribution < -0.4 is 10.2 Å². The van der Waals surface area contributed by atoms with Crippen molar-refractivity contribution in [2.45, 2.75) is 12.1 Å². The van der Waals surface area contributed by atoms with E-state index in [-0.39, 0.29) is 17.8 Å². The second kappa shape index (κ2) is 8.99. The maximum Gasteiger partial charge on any atom is 0.337 e. The van der Waals surface area contributed by atoms with Crippen molar-refractivity contribution in [1.82, 2.24) is 10.3 Å². The highest BCUT2D eigenvalue weighted by molar-refractivity contribution is 7.80. The van der Waals surface area contributed by atoms with Gasteiger partial charge in [0.25, 0.3) is 0 Å². The summed E-state index contributed by atoms with van der Waals surface area (Å²) in [5.74, 6) is 1.05. The number of aromatic hydroxyl groups is 1. The van der Waals surface area contributed by atoms with Gasteiger partial charge in [-0.25, -0.2) is 4.79 Å². The molecule has 5 rings (SSSR count). The largest absolute Gasteiger partial charge is 0.508 e. The first-order valence-electron chi connectivity index (χ1n) is 10.6. The number of hydrogen-bond acceptors (Lipinski definition) is 6. The van der Waals surface area contributed by atoms with E-state index in [0.29, 0.717) is 22.2 Å². The van der Waals surface area contributed by atoms with Gasteiger partial charge >= 0.3 is 5.97 Å². The lowest BCUT2D eigenvalue weighted by Crippen LogP contribution is -2.29. The molecule has 2 N–H and O–H groups in total. The average Bonchev–Trinajstić information content (AvgIpc) is 3.49. The zero-order valence-corrected chi connectivity index (χ0v) is 19.0. The number of pyridine rings is 1. The van der Waals surface area contributed by atoms with Crippen molar-refractivity contribution in [1.29, 1.82) is 0 Å². The molecule has 2 aromatic heterocycles. The fourth-order valence-corrected chi connectivity index (χ4v) is 4.47. The Bertz CT molecular complexity index is 1340. The molecular formula is C26H21N3O4S. The first-order chi connectivity index (χ1) is 16.5. The minimum atomic E-state index is -0.410. The van der Waals surface area contributed by atoms with Crippen molar-refractivity contribution in [3.8, 4) is 17.1 Å². The third-order valence-corrected chi connectivity index (χ3v) is 6.03. The van der Waals surface area contributed by atoms with E-state index in [1.54, 1.807) is 48.7 Å². The average molecular weight is 472 g/mol. The maximum atomic E-state index is 12.0. The van der Waals surface area contributed by atoms with Gasteiger partial charge in [-0.05, 0) is 72.9 Å². The fourth-order valence-electron chi connectivity index (χ4n) is 4.12. The highest BCUT2D eigenvalue weighted by Gasteiger charge is 2.42. The van der Waals surface area contributed by atoms with E-state index in [9.17, 15) is 9.90 Å². The van der Waals surface area contributed by atoms with Gasteiger partial charge in [0.2, 0.25) is 0 Å². The van der Waals surface area contributed by atoms with Crippen LogP contribution in [0.25, 0.3) is 11.3 Å². The van der Waals surface area contributed by atoms with E-state index in [0.717, 1.165) is 16.9 Å². The zero-order valence-electron chi connectivity index (χ0n) is 18.2. The molecule has 0 aliphatic carbocycles. The summed E-state index contributed by atoms with van der Waals surface area (Å²) in [6.07, 6.45) is 1.74. The van der Waals surface area contributed by atoms with Gasteiger partial charge in [-0.1, -0.05) is 18.2 Å². The molecule has 0 bridgehead atoms. The highest BCUT2D eigenvalue weighted by atomic mass is 32.1. The highest BCUT2D eigenvalue weighted by Crippen LogP contribution is 2.43. The SMILES string of the molecule is COC(=O)c1cccc(-c2ccc([C@H]3[C@H](c4ccccn4)NC(=S)N3c3ccc(O)cc3)o2)c1. The summed E-state index contributed by atoms with van der Waals surface area (Å²) in [5.41, 5.74) is 2.83. The van der Waals surface area contributed by atoms with Gasteiger partial charge in [-0.15, -0.1) is 0 Å². The predicted molar refractivity (Wildman–Crippen MR) is 132 cm³/mol. The molecule has 2 aromatic carbocycles. The number of nitrogens with one attached hydrogen (secondary N) is 1. The van der Waals surface area contributed by atoms with Gasteiger partial charge in [0.05, 0.1) is 24.4 Å². The van der Waals surface area contributed by atoms with Crippen LogP contribution in [0.3, 0.4) is 0 Å². The summed E-state index contributed by atoms with van der Waals surface area (Å²) in [4.78, 5) is 18.5. The first-order valence-corrected chi connectivity index (χ1v) is 11.0. The summed E-state index contributed by atoms with van der Waals surface area (Å²) in [5, 5.41) is 13.7. The van der Waals surface area contributed by atoms with Crippen LogP contribution in [0.5, 0.6) is 5.75 Å². The number of phenols is 1. The van der Waals surface area contributed by atoms with Gasteiger partial charge < -0.3 is 24.5 Å². The first kappa shape index (κ1) is 21.7. The van der Waals surface area contributed by atoms with Crippen molar-refractivity contribution in [2.75, 3.05) is 12.0 Å². The van der Waals surface area contributed by atoms with Crippen LogP contribution in [0.1, 0.15) is 33.9 Å². The summed E-state index contributed by atoms with van der Waals surface area (Å²) in [6, 6.07) is 22.9. The number of carbonyl (C=O) groups is 1. The molecule has 0 spiro atoms. The van der Waals surface area contributed by atoms with E-state index in [1.807, 2.05) is 41.3 Å². The second-order valence-corrected chi connectivity index (χ2v) is 8.17. The normalized spacial score (nSPS) is 17.4. The number of esters is 1. The third kappa shape index (κ3) is 3.99.